The molecule has 0 amide bonds. The van der Waals surface area contributed by atoms with E-state index in [4.69, 9.17) is 4.74 Å². The summed E-state index contributed by atoms with van der Waals surface area (Å²) in [4.78, 5) is 15.5. The van der Waals surface area contributed by atoms with Crippen molar-refractivity contribution in [3.05, 3.63) is 40.2 Å². The Balaban J connectivity index is 2.62. The van der Waals surface area contributed by atoms with Crippen molar-refractivity contribution in [2.24, 2.45) is 0 Å². The normalized spacial score (nSPS) is 10.5. The van der Waals surface area contributed by atoms with Crippen LogP contribution in [0.15, 0.2) is 28.7 Å². The fourth-order valence-corrected chi connectivity index (χ4v) is 2.02. The highest BCUT2D eigenvalue weighted by Crippen LogP contribution is 2.25. The van der Waals surface area contributed by atoms with Crippen LogP contribution < -0.4 is 0 Å². The van der Waals surface area contributed by atoms with Gasteiger partial charge in [0.2, 0.25) is 0 Å². The lowest BCUT2D eigenvalue weighted by atomic mass is 10.2. The first-order valence-electron chi connectivity index (χ1n) is 5.05. The Bertz CT molecular complexity index is 586. The van der Waals surface area contributed by atoms with Crippen molar-refractivity contribution in [3.63, 3.8) is 0 Å². The molecule has 0 aliphatic heterocycles. The van der Waals surface area contributed by atoms with Crippen LogP contribution in [0.5, 0.6) is 0 Å². The minimum absolute atomic E-state index is 0.0938. The molecule has 3 nitrogen and oxygen atoms in total. The summed E-state index contributed by atoms with van der Waals surface area (Å²) in [7, 11) is 0. The standard InChI is InChI=1S/C12H9BrFNO2/c1-2-17-12(16)10-6-8(13)7-4-3-5-9(14)11(7)15-10/h3-6H,2H2,1H3. The third kappa shape index (κ3) is 2.29. The molecule has 5 heteroatoms. The van der Waals surface area contributed by atoms with E-state index in [1.54, 1.807) is 19.1 Å². The molecule has 0 saturated carbocycles. The number of carbonyl (C=O) groups excluding carboxylic acids is 1. The average molecular weight is 298 g/mol. The van der Waals surface area contributed by atoms with Crippen molar-refractivity contribution in [1.29, 1.82) is 0 Å². The topological polar surface area (TPSA) is 39.2 Å². The first kappa shape index (κ1) is 12.0. The first-order valence-corrected chi connectivity index (χ1v) is 5.84. The Labute approximate surface area is 106 Å². The van der Waals surface area contributed by atoms with Crippen molar-refractivity contribution in [2.45, 2.75) is 6.92 Å². The second-order valence-corrected chi connectivity index (χ2v) is 4.20. The van der Waals surface area contributed by atoms with Gasteiger partial charge in [-0.3, -0.25) is 0 Å². The van der Waals surface area contributed by atoms with Crippen LogP contribution in [0, 0.1) is 5.82 Å². The fourth-order valence-electron chi connectivity index (χ4n) is 1.48. The lowest BCUT2D eigenvalue weighted by Gasteiger charge is -2.05. The monoisotopic (exact) mass is 297 g/mol. The number of nitrogens with zero attached hydrogens (tertiary/aromatic N) is 1. The maximum atomic E-state index is 13.6. The second-order valence-electron chi connectivity index (χ2n) is 3.35. The van der Waals surface area contributed by atoms with Gasteiger partial charge in [0.25, 0.3) is 0 Å². The molecule has 2 rings (SSSR count). The van der Waals surface area contributed by atoms with E-state index in [0.717, 1.165) is 0 Å². The lowest BCUT2D eigenvalue weighted by molar-refractivity contribution is 0.0520. The Morgan fingerprint density at radius 3 is 3.00 bits per heavy atom. The van der Waals surface area contributed by atoms with Crippen molar-refractivity contribution in [3.8, 4) is 0 Å². The van der Waals surface area contributed by atoms with E-state index < -0.39 is 11.8 Å². The van der Waals surface area contributed by atoms with Crippen LogP contribution in [-0.4, -0.2) is 17.6 Å². The molecule has 0 spiro atoms. The summed E-state index contributed by atoms with van der Waals surface area (Å²) >= 11 is 3.29. The molecule has 0 saturated heterocycles. The smallest absolute Gasteiger partial charge is 0.356 e. The molecule has 0 atom stereocenters. The molecular weight excluding hydrogens is 289 g/mol. The molecule has 1 aromatic carbocycles. The Kier molecular flexibility index (Phi) is 3.38. The zero-order chi connectivity index (χ0) is 12.4. The minimum Gasteiger partial charge on any atom is -0.461 e. The van der Waals surface area contributed by atoms with Crippen molar-refractivity contribution >= 4 is 32.8 Å². The van der Waals surface area contributed by atoms with Gasteiger partial charge in [0.05, 0.1) is 6.61 Å². The van der Waals surface area contributed by atoms with Crippen LogP contribution in [0.3, 0.4) is 0 Å². The minimum atomic E-state index is -0.557. The number of para-hydroxylation sites is 1. The number of fused-ring (bicyclic) bond motifs is 1. The zero-order valence-corrected chi connectivity index (χ0v) is 10.6. The van der Waals surface area contributed by atoms with Crippen LogP contribution in [-0.2, 0) is 4.74 Å². The van der Waals surface area contributed by atoms with Crippen LogP contribution in [0.25, 0.3) is 10.9 Å². The molecule has 1 heterocycles. The summed E-state index contributed by atoms with van der Waals surface area (Å²) < 4.78 is 19.0. The number of hydrogen-bond donors (Lipinski definition) is 0. The number of benzene rings is 1. The van der Waals surface area contributed by atoms with Gasteiger partial charge in [-0.1, -0.05) is 28.1 Å². The number of carbonyl (C=O) groups is 1. The number of halogens is 2. The van der Waals surface area contributed by atoms with Gasteiger partial charge in [0.1, 0.15) is 17.0 Å². The third-order valence-electron chi connectivity index (χ3n) is 2.22. The maximum absolute atomic E-state index is 13.6. The molecule has 0 aliphatic carbocycles. The van der Waals surface area contributed by atoms with Gasteiger partial charge in [-0.25, -0.2) is 14.2 Å². The number of esters is 1. The largest absolute Gasteiger partial charge is 0.461 e. The number of rotatable bonds is 2. The number of pyridine rings is 1. The van der Waals surface area contributed by atoms with E-state index in [0.29, 0.717) is 9.86 Å². The third-order valence-corrected chi connectivity index (χ3v) is 2.88. The van der Waals surface area contributed by atoms with Gasteiger partial charge in [-0.2, -0.15) is 0 Å². The van der Waals surface area contributed by atoms with Crippen LogP contribution in [0.2, 0.25) is 0 Å². The molecule has 17 heavy (non-hydrogen) atoms. The van der Waals surface area contributed by atoms with E-state index in [-0.39, 0.29) is 17.8 Å². The number of ether oxygens (including phenoxy) is 1. The molecule has 0 N–H and O–H groups in total. The Morgan fingerprint density at radius 1 is 1.53 bits per heavy atom. The average Bonchev–Trinajstić information content (AvgIpc) is 2.30. The van der Waals surface area contributed by atoms with Gasteiger partial charge >= 0.3 is 5.97 Å². The van der Waals surface area contributed by atoms with Gasteiger partial charge in [-0.15, -0.1) is 0 Å². The van der Waals surface area contributed by atoms with E-state index in [2.05, 4.69) is 20.9 Å². The first-order chi connectivity index (χ1) is 8.13. The van der Waals surface area contributed by atoms with Crippen LogP contribution >= 0.6 is 15.9 Å². The van der Waals surface area contributed by atoms with Crippen molar-refractivity contribution in [2.75, 3.05) is 6.61 Å². The van der Waals surface area contributed by atoms with E-state index in [1.807, 2.05) is 0 Å². The molecule has 0 bridgehead atoms. The Morgan fingerprint density at radius 2 is 2.29 bits per heavy atom. The van der Waals surface area contributed by atoms with Gasteiger partial charge in [0, 0.05) is 9.86 Å². The summed E-state index contributed by atoms with van der Waals surface area (Å²) in [5.74, 6) is -1.02. The molecule has 0 unspecified atom stereocenters. The molecule has 0 radical (unpaired) electrons. The van der Waals surface area contributed by atoms with Gasteiger partial charge in [0.15, 0.2) is 0 Å². The molecule has 0 aliphatic rings. The Hall–Kier alpha value is -1.49. The SMILES string of the molecule is CCOC(=O)c1cc(Br)c2cccc(F)c2n1. The van der Waals surface area contributed by atoms with E-state index in [1.165, 1.54) is 12.1 Å². The quantitative estimate of drug-likeness (QED) is 0.798. The highest BCUT2D eigenvalue weighted by Gasteiger charge is 2.13. The van der Waals surface area contributed by atoms with Gasteiger partial charge < -0.3 is 4.74 Å². The number of hydrogen-bond acceptors (Lipinski definition) is 3. The van der Waals surface area contributed by atoms with Crippen LogP contribution in [0.1, 0.15) is 17.4 Å². The molecule has 2 aromatic rings. The van der Waals surface area contributed by atoms with Gasteiger partial charge in [-0.05, 0) is 19.1 Å². The molecule has 88 valence electrons. The summed E-state index contributed by atoms with van der Waals surface area (Å²) in [5.41, 5.74) is 0.251. The van der Waals surface area contributed by atoms with E-state index in [9.17, 15) is 9.18 Å². The van der Waals surface area contributed by atoms with Crippen molar-refractivity contribution in [1.82, 2.24) is 4.98 Å². The predicted molar refractivity (Wildman–Crippen MR) is 65.4 cm³/mol. The summed E-state index contributed by atoms with van der Waals surface area (Å²) in [6, 6.07) is 6.15. The zero-order valence-electron chi connectivity index (χ0n) is 9.04. The second kappa shape index (κ2) is 4.79. The highest BCUT2D eigenvalue weighted by atomic mass is 79.9. The molecular formula is C12H9BrFNO2. The highest BCUT2D eigenvalue weighted by molar-refractivity contribution is 9.10. The number of aromatic nitrogens is 1. The van der Waals surface area contributed by atoms with Crippen LogP contribution in [0.4, 0.5) is 4.39 Å². The van der Waals surface area contributed by atoms with E-state index >= 15 is 0 Å². The molecule has 1 aromatic heterocycles. The lowest BCUT2D eigenvalue weighted by Crippen LogP contribution is -2.07. The summed E-state index contributed by atoms with van der Waals surface area (Å²) in [5, 5.41) is 0.623. The van der Waals surface area contributed by atoms with Crippen molar-refractivity contribution < 1.29 is 13.9 Å². The molecule has 0 fully saturated rings. The summed E-state index contributed by atoms with van der Waals surface area (Å²) in [6.07, 6.45) is 0. The maximum Gasteiger partial charge on any atom is 0.356 e. The predicted octanol–water partition coefficient (Wildman–Crippen LogP) is 3.31. The fraction of sp³-hybridized carbons (Fsp3) is 0.167. The summed E-state index contributed by atoms with van der Waals surface area (Å²) in [6.45, 7) is 1.96.